The van der Waals surface area contributed by atoms with E-state index in [4.69, 9.17) is 9.72 Å². The first kappa shape index (κ1) is 19.5. The monoisotopic (exact) mass is 409 g/mol. The van der Waals surface area contributed by atoms with Gasteiger partial charge < -0.3 is 9.29 Å². The van der Waals surface area contributed by atoms with Crippen molar-refractivity contribution in [3.63, 3.8) is 0 Å². The zero-order chi connectivity index (χ0) is 20.4. The lowest BCUT2D eigenvalue weighted by Gasteiger charge is -2.09. The summed E-state index contributed by atoms with van der Waals surface area (Å²) in [4.78, 5) is 4.78. The summed E-state index contributed by atoms with van der Waals surface area (Å²) in [7, 11) is 3.53. The largest absolute Gasteiger partial charge is 0.610 e. The summed E-state index contributed by atoms with van der Waals surface area (Å²) in [5.74, 6) is 1.40. The molecule has 1 aromatic carbocycles. The molecule has 150 valence electrons. The molecule has 0 aliphatic heterocycles. The van der Waals surface area contributed by atoms with Gasteiger partial charge in [0.25, 0.3) is 5.03 Å². The first-order chi connectivity index (χ1) is 14.1. The Balaban J connectivity index is 1.86. The second-order valence-electron chi connectivity index (χ2n) is 6.75. The average molecular weight is 410 g/mol. The number of nitrogens with zero attached hydrogens (tertiary/aromatic N) is 5. The lowest BCUT2D eigenvalue weighted by molar-refractivity contribution is 0.415. The highest BCUT2D eigenvalue weighted by atomic mass is 32.2. The number of hydrogen-bond acceptors (Lipinski definition) is 5. The molecule has 0 fully saturated rings. The minimum atomic E-state index is -1.14. The van der Waals surface area contributed by atoms with E-state index in [1.807, 2.05) is 49.5 Å². The van der Waals surface area contributed by atoms with Crippen LogP contribution in [0, 0.1) is 0 Å². The van der Waals surface area contributed by atoms with Crippen molar-refractivity contribution >= 4 is 16.8 Å². The van der Waals surface area contributed by atoms with E-state index in [1.165, 1.54) is 0 Å². The number of aromatic nitrogens is 5. The van der Waals surface area contributed by atoms with Gasteiger partial charge in [-0.3, -0.25) is 4.68 Å². The number of methoxy groups -OCH3 is 1. The molecule has 4 rings (SSSR count). The van der Waals surface area contributed by atoms with Crippen molar-refractivity contribution in [3.8, 4) is 28.4 Å². The van der Waals surface area contributed by atoms with Gasteiger partial charge in [0.15, 0.2) is 5.65 Å². The maximum Gasteiger partial charge on any atom is 0.265 e. The molecular formula is C21H23N5O2S. The average Bonchev–Trinajstić information content (AvgIpc) is 3.37. The molecule has 0 amide bonds. The third-order valence-electron chi connectivity index (χ3n) is 4.79. The van der Waals surface area contributed by atoms with Gasteiger partial charge in [-0.1, -0.05) is 13.3 Å². The van der Waals surface area contributed by atoms with Crippen LogP contribution in [0.5, 0.6) is 5.75 Å². The second-order valence-corrected chi connectivity index (χ2v) is 8.27. The van der Waals surface area contributed by atoms with Gasteiger partial charge in [0, 0.05) is 30.0 Å². The maximum absolute atomic E-state index is 12.6. The van der Waals surface area contributed by atoms with Crippen LogP contribution in [0.25, 0.3) is 28.3 Å². The molecule has 0 saturated heterocycles. The van der Waals surface area contributed by atoms with Crippen LogP contribution in [-0.2, 0) is 18.2 Å². The quantitative estimate of drug-likeness (QED) is 0.435. The Morgan fingerprint density at radius 2 is 1.90 bits per heavy atom. The molecular weight excluding hydrogens is 386 g/mol. The summed E-state index contributed by atoms with van der Waals surface area (Å²) >= 11 is -1.14. The molecule has 3 heterocycles. The number of aryl methyl sites for hydroxylation is 1. The molecule has 0 radical (unpaired) electrons. The predicted octanol–water partition coefficient (Wildman–Crippen LogP) is 3.71. The Hall–Kier alpha value is -2.84. The molecule has 1 unspecified atom stereocenters. The Labute approximate surface area is 172 Å². The number of rotatable bonds is 7. The fourth-order valence-corrected chi connectivity index (χ4v) is 4.33. The maximum atomic E-state index is 12.6. The highest BCUT2D eigenvalue weighted by Crippen LogP contribution is 2.28. The van der Waals surface area contributed by atoms with Gasteiger partial charge in [0.1, 0.15) is 11.5 Å². The van der Waals surface area contributed by atoms with E-state index in [9.17, 15) is 4.55 Å². The number of ether oxygens (including phenoxy) is 1. The first-order valence-electron chi connectivity index (χ1n) is 9.52. The van der Waals surface area contributed by atoms with Crippen molar-refractivity contribution in [2.45, 2.75) is 24.8 Å². The molecule has 1 atom stereocenters. The van der Waals surface area contributed by atoms with E-state index in [-0.39, 0.29) is 0 Å². The third-order valence-corrected chi connectivity index (χ3v) is 6.12. The van der Waals surface area contributed by atoms with Crippen LogP contribution in [0.3, 0.4) is 0 Å². The second kappa shape index (κ2) is 8.26. The summed E-state index contributed by atoms with van der Waals surface area (Å²) in [5, 5.41) is 9.46. The molecule has 0 bridgehead atoms. The van der Waals surface area contributed by atoms with Gasteiger partial charge in [-0.05, 0) is 42.8 Å². The molecule has 0 spiro atoms. The summed E-state index contributed by atoms with van der Waals surface area (Å²) in [6, 6.07) is 13.5. The lowest BCUT2D eigenvalue weighted by Crippen LogP contribution is -2.08. The zero-order valence-corrected chi connectivity index (χ0v) is 17.5. The van der Waals surface area contributed by atoms with Crippen LogP contribution in [0.1, 0.15) is 19.8 Å². The molecule has 29 heavy (non-hydrogen) atoms. The summed E-state index contributed by atoms with van der Waals surface area (Å²) in [6.07, 6.45) is 3.65. The van der Waals surface area contributed by atoms with Crippen molar-refractivity contribution < 1.29 is 9.29 Å². The minimum Gasteiger partial charge on any atom is -0.610 e. The fourth-order valence-electron chi connectivity index (χ4n) is 3.16. The smallest absolute Gasteiger partial charge is 0.265 e. The van der Waals surface area contributed by atoms with Crippen molar-refractivity contribution in [2.75, 3.05) is 12.9 Å². The van der Waals surface area contributed by atoms with Crippen LogP contribution in [-0.4, -0.2) is 41.8 Å². The molecule has 0 aliphatic carbocycles. The van der Waals surface area contributed by atoms with Gasteiger partial charge >= 0.3 is 0 Å². The molecule has 3 aromatic heterocycles. The summed E-state index contributed by atoms with van der Waals surface area (Å²) in [5.41, 5.74) is 4.18. The van der Waals surface area contributed by atoms with E-state index in [2.05, 4.69) is 17.1 Å². The van der Waals surface area contributed by atoms with Gasteiger partial charge in [0.2, 0.25) is 0 Å². The van der Waals surface area contributed by atoms with Crippen LogP contribution >= 0.6 is 0 Å². The number of hydrogen-bond donors (Lipinski definition) is 0. The Morgan fingerprint density at radius 1 is 1.10 bits per heavy atom. The van der Waals surface area contributed by atoms with E-state index in [0.717, 1.165) is 41.2 Å². The van der Waals surface area contributed by atoms with Crippen LogP contribution in [0.15, 0.2) is 53.7 Å². The fraction of sp³-hybridized carbons (Fsp3) is 0.286. The number of unbranched alkanes of at least 4 members (excludes halogenated alkanes) is 1. The standard InChI is InChI=1S/C21H23N5O2S/c1-4-5-12-29(27)21-14-20-23-17(15-6-8-16(28-3)9-7-15)13-19(26(20)24-21)18-10-11-22-25(18)2/h6-11,13-14H,4-5,12H2,1-3H3. The zero-order valence-electron chi connectivity index (χ0n) is 16.7. The number of benzene rings is 1. The van der Waals surface area contributed by atoms with Gasteiger partial charge in [-0.25, -0.2) is 9.50 Å². The molecule has 7 nitrogen and oxygen atoms in total. The molecule has 4 aromatic rings. The molecule has 0 saturated carbocycles. The Kier molecular flexibility index (Phi) is 5.55. The summed E-state index contributed by atoms with van der Waals surface area (Å²) < 4.78 is 21.4. The first-order valence-corrected chi connectivity index (χ1v) is 10.8. The van der Waals surface area contributed by atoms with Crippen molar-refractivity contribution in [3.05, 3.63) is 48.7 Å². The van der Waals surface area contributed by atoms with Crippen molar-refractivity contribution in [1.29, 1.82) is 0 Å². The van der Waals surface area contributed by atoms with Crippen LogP contribution in [0.4, 0.5) is 0 Å². The Bertz CT molecular complexity index is 1120. The predicted molar refractivity (Wildman–Crippen MR) is 113 cm³/mol. The highest BCUT2D eigenvalue weighted by Gasteiger charge is 2.20. The minimum absolute atomic E-state index is 0.557. The van der Waals surface area contributed by atoms with E-state index in [1.54, 1.807) is 22.5 Å². The topological polar surface area (TPSA) is 80.3 Å². The van der Waals surface area contributed by atoms with Gasteiger partial charge in [0.05, 0.1) is 30.3 Å². The van der Waals surface area contributed by atoms with E-state index in [0.29, 0.717) is 16.4 Å². The SMILES string of the molecule is CCCC[S+]([O-])c1cc2nc(-c3ccc(OC)cc3)cc(-c3ccnn3C)n2n1. The lowest BCUT2D eigenvalue weighted by atomic mass is 10.1. The van der Waals surface area contributed by atoms with Gasteiger partial charge in [-0.2, -0.15) is 5.10 Å². The van der Waals surface area contributed by atoms with Crippen molar-refractivity contribution in [2.24, 2.45) is 7.05 Å². The molecule has 8 heteroatoms. The van der Waals surface area contributed by atoms with Crippen LogP contribution in [0.2, 0.25) is 0 Å². The van der Waals surface area contributed by atoms with Crippen LogP contribution < -0.4 is 4.74 Å². The normalized spacial score (nSPS) is 12.4. The number of fused-ring (bicyclic) bond motifs is 1. The molecule has 0 N–H and O–H groups in total. The summed E-state index contributed by atoms with van der Waals surface area (Å²) in [6.45, 7) is 2.09. The van der Waals surface area contributed by atoms with Crippen molar-refractivity contribution in [1.82, 2.24) is 24.4 Å². The highest BCUT2D eigenvalue weighted by molar-refractivity contribution is 7.91. The Morgan fingerprint density at radius 3 is 2.55 bits per heavy atom. The molecule has 0 aliphatic rings. The third kappa shape index (κ3) is 3.86. The van der Waals surface area contributed by atoms with E-state index < -0.39 is 11.2 Å². The van der Waals surface area contributed by atoms with E-state index >= 15 is 0 Å². The van der Waals surface area contributed by atoms with Gasteiger partial charge in [-0.15, -0.1) is 5.10 Å².